The molecule has 2 aromatic rings. The first-order valence-corrected chi connectivity index (χ1v) is 6.97. The first-order valence-electron chi connectivity index (χ1n) is 6.97. The Morgan fingerprint density at radius 3 is 2.48 bits per heavy atom. The second-order valence-electron chi connectivity index (χ2n) is 4.51. The van der Waals surface area contributed by atoms with Gasteiger partial charge in [-0.25, -0.2) is 0 Å². The smallest absolute Gasteiger partial charge is 0.243 e. The van der Waals surface area contributed by atoms with Crippen LogP contribution in [0.4, 0.5) is 5.69 Å². The van der Waals surface area contributed by atoms with E-state index >= 15 is 0 Å². The van der Waals surface area contributed by atoms with Crippen LogP contribution in [0.3, 0.4) is 0 Å². The Morgan fingerprint density at radius 1 is 1.09 bits per heavy atom. The molecule has 0 saturated carbocycles. The van der Waals surface area contributed by atoms with Crippen LogP contribution in [0.5, 0.6) is 0 Å². The number of carbonyl (C=O) groups excluding carboxylic acids is 1. The van der Waals surface area contributed by atoms with E-state index in [-0.39, 0.29) is 36.4 Å². The van der Waals surface area contributed by atoms with E-state index in [9.17, 15) is 4.79 Å². The molecule has 23 heavy (non-hydrogen) atoms. The quantitative estimate of drug-likeness (QED) is 0.389. The minimum atomic E-state index is -0.132. The maximum absolute atomic E-state index is 11.8. The number of nitrogens with one attached hydrogen (secondary N) is 3. The van der Waals surface area contributed by atoms with E-state index in [1.165, 1.54) is 0 Å². The van der Waals surface area contributed by atoms with Crippen LogP contribution in [0.25, 0.3) is 0 Å². The normalized spacial score (nSPS) is 10.4. The molecule has 0 atom stereocenters. The number of pyridine rings is 1. The lowest BCUT2D eigenvalue weighted by Gasteiger charge is -2.11. The summed E-state index contributed by atoms with van der Waals surface area (Å²) in [5, 5.41) is 8.86. The molecule has 0 unspecified atom stereocenters. The molecule has 1 aromatic carbocycles. The van der Waals surface area contributed by atoms with Crippen LogP contribution in [0.1, 0.15) is 5.69 Å². The maximum atomic E-state index is 11.8. The summed E-state index contributed by atoms with van der Waals surface area (Å²) in [4.78, 5) is 20.1. The van der Waals surface area contributed by atoms with Crippen molar-refractivity contribution in [1.82, 2.24) is 15.6 Å². The Kier molecular flexibility index (Phi) is 8.66. The molecule has 1 aromatic heterocycles. The highest BCUT2D eigenvalue weighted by Gasteiger charge is 2.04. The molecule has 0 aliphatic carbocycles. The van der Waals surface area contributed by atoms with Gasteiger partial charge in [-0.1, -0.05) is 24.3 Å². The third kappa shape index (κ3) is 7.09. The number of nitrogens with zero attached hydrogens (tertiary/aromatic N) is 2. The van der Waals surface area contributed by atoms with E-state index in [2.05, 4.69) is 25.9 Å². The number of anilines is 1. The van der Waals surface area contributed by atoms with Crippen LogP contribution >= 0.6 is 24.0 Å². The number of amides is 1. The molecule has 0 bridgehead atoms. The van der Waals surface area contributed by atoms with Crippen molar-refractivity contribution in [2.45, 2.75) is 6.54 Å². The largest absolute Gasteiger partial charge is 0.351 e. The van der Waals surface area contributed by atoms with Gasteiger partial charge in [0.15, 0.2) is 5.96 Å². The molecule has 0 fully saturated rings. The van der Waals surface area contributed by atoms with Crippen molar-refractivity contribution in [1.29, 1.82) is 0 Å². The highest BCUT2D eigenvalue weighted by atomic mass is 127. The van der Waals surface area contributed by atoms with Gasteiger partial charge in [0.1, 0.15) is 0 Å². The Bertz CT molecular complexity index is 619. The molecule has 0 saturated heterocycles. The number of rotatable bonds is 5. The first-order chi connectivity index (χ1) is 10.8. The second kappa shape index (κ2) is 10.5. The summed E-state index contributed by atoms with van der Waals surface area (Å²) in [6.07, 6.45) is 1.74. The van der Waals surface area contributed by atoms with E-state index < -0.39 is 0 Å². The molecule has 3 N–H and O–H groups in total. The number of halogens is 1. The van der Waals surface area contributed by atoms with Crippen molar-refractivity contribution in [2.24, 2.45) is 4.99 Å². The zero-order valence-corrected chi connectivity index (χ0v) is 15.2. The predicted molar refractivity (Wildman–Crippen MR) is 103 cm³/mol. The fourth-order valence-corrected chi connectivity index (χ4v) is 1.79. The van der Waals surface area contributed by atoms with E-state index in [0.717, 1.165) is 11.4 Å². The van der Waals surface area contributed by atoms with Crippen LogP contribution < -0.4 is 16.0 Å². The Morgan fingerprint density at radius 2 is 1.83 bits per heavy atom. The molecule has 1 heterocycles. The van der Waals surface area contributed by atoms with Gasteiger partial charge in [0.25, 0.3) is 0 Å². The van der Waals surface area contributed by atoms with E-state index in [4.69, 9.17) is 0 Å². The van der Waals surface area contributed by atoms with Crippen molar-refractivity contribution in [3.8, 4) is 0 Å². The molecular formula is C16H20IN5O. The van der Waals surface area contributed by atoms with Crippen molar-refractivity contribution in [3.63, 3.8) is 0 Å². The summed E-state index contributed by atoms with van der Waals surface area (Å²) in [6, 6.07) is 15.0. The van der Waals surface area contributed by atoms with Gasteiger partial charge in [-0.2, -0.15) is 0 Å². The first kappa shape index (κ1) is 18.9. The van der Waals surface area contributed by atoms with Crippen molar-refractivity contribution < 1.29 is 4.79 Å². The number of para-hydroxylation sites is 1. The van der Waals surface area contributed by atoms with Crippen molar-refractivity contribution in [2.75, 3.05) is 18.9 Å². The Labute approximate surface area is 152 Å². The summed E-state index contributed by atoms with van der Waals surface area (Å²) >= 11 is 0. The Balaban J connectivity index is 0.00000264. The van der Waals surface area contributed by atoms with Gasteiger partial charge in [0, 0.05) is 18.9 Å². The minimum absolute atomic E-state index is 0. The lowest BCUT2D eigenvalue weighted by atomic mass is 10.3. The average Bonchev–Trinajstić information content (AvgIpc) is 2.57. The molecule has 0 aliphatic heterocycles. The van der Waals surface area contributed by atoms with Crippen molar-refractivity contribution in [3.05, 3.63) is 60.4 Å². The maximum Gasteiger partial charge on any atom is 0.243 e. The fraction of sp³-hybridized carbons (Fsp3) is 0.188. The summed E-state index contributed by atoms with van der Waals surface area (Å²) in [5.41, 5.74) is 1.67. The van der Waals surface area contributed by atoms with Crippen LogP contribution in [-0.4, -0.2) is 30.4 Å². The minimum Gasteiger partial charge on any atom is -0.351 e. The number of hydrogen-bond acceptors (Lipinski definition) is 3. The fourth-order valence-electron chi connectivity index (χ4n) is 1.79. The summed E-state index contributed by atoms with van der Waals surface area (Å²) in [7, 11) is 1.66. The van der Waals surface area contributed by atoms with Crippen LogP contribution in [-0.2, 0) is 11.3 Å². The molecule has 0 spiro atoms. The lowest BCUT2D eigenvalue weighted by Crippen LogP contribution is -2.41. The molecule has 1 amide bonds. The zero-order chi connectivity index (χ0) is 15.6. The molecule has 122 valence electrons. The highest BCUT2D eigenvalue weighted by Crippen LogP contribution is 2.03. The topological polar surface area (TPSA) is 78.4 Å². The van der Waals surface area contributed by atoms with Crippen LogP contribution in [0.2, 0.25) is 0 Å². The van der Waals surface area contributed by atoms with Crippen LogP contribution in [0, 0.1) is 0 Å². The van der Waals surface area contributed by atoms with Crippen molar-refractivity contribution >= 4 is 41.5 Å². The number of aromatic nitrogens is 1. The van der Waals surface area contributed by atoms with E-state index in [1.54, 1.807) is 13.2 Å². The summed E-state index contributed by atoms with van der Waals surface area (Å²) in [6.45, 7) is 0.678. The molecule has 0 aliphatic rings. The third-order valence-electron chi connectivity index (χ3n) is 2.86. The van der Waals surface area contributed by atoms with E-state index in [0.29, 0.717) is 12.5 Å². The monoisotopic (exact) mass is 425 g/mol. The number of aliphatic imine (C=N–C) groups is 1. The standard InChI is InChI=1S/C16H19N5O.HI/c1-17-16(19-11-14-9-5-6-10-18-14)20-12-15(22)21-13-7-3-2-4-8-13;/h2-10H,11-12H2,1H3,(H,21,22)(H2,17,19,20);1H. The van der Waals surface area contributed by atoms with Gasteiger partial charge in [-0.05, 0) is 24.3 Å². The molecule has 7 heteroatoms. The molecule has 0 radical (unpaired) electrons. The number of guanidine groups is 1. The average molecular weight is 425 g/mol. The molecule has 2 rings (SSSR count). The number of hydrogen-bond donors (Lipinski definition) is 3. The number of carbonyl (C=O) groups is 1. The van der Waals surface area contributed by atoms with Gasteiger partial charge in [-0.15, -0.1) is 24.0 Å². The van der Waals surface area contributed by atoms with Gasteiger partial charge in [0.2, 0.25) is 5.91 Å². The summed E-state index contributed by atoms with van der Waals surface area (Å²) < 4.78 is 0. The van der Waals surface area contributed by atoms with Gasteiger partial charge < -0.3 is 16.0 Å². The number of benzene rings is 1. The SMILES string of the molecule is CN=C(NCC(=O)Nc1ccccc1)NCc1ccccn1.I. The van der Waals surface area contributed by atoms with Crippen LogP contribution in [0.15, 0.2) is 59.7 Å². The Hall–Kier alpha value is -2.16. The summed E-state index contributed by atoms with van der Waals surface area (Å²) in [5.74, 6) is 0.417. The van der Waals surface area contributed by atoms with Gasteiger partial charge in [0.05, 0.1) is 18.8 Å². The second-order valence-corrected chi connectivity index (χ2v) is 4.51. The third-order valence-corrected chi connectivity index (χ3v) is 2.86. The van der Waals surface area contributed by atoms with E-state index in [1.807, 2.05) is 48.5 Å². The predicted octanol–water partition coefficient (Wildman–Crippen LogP) is 2.00. The zero-order valence-electron chi connectivity index (χ0n) is 12.8. The molecule has 6 nitrogen and oxygen atoms in total. The lowest BCUT2D eigenvalue weighted by molar-refractivity contribution is -0.115. The van der Waals surface area contributed by atoms with Gasteiger partial charge >= 0.3 is 0 Å². The highest BCUT2D eigenvalue weighted by molar-refractivity contribution is 14.0. The molecular weight excluding hydrogens is 405 g/mol. The van der Waals surface area contributed by atoms with Gasteiger partial charge in [-0.3, -0.25) is 14.8 Å².